The molecule has 0 spiro atoms. The number of pyridine rings is 1. The predicted octanol–water partition coefficient (Wildman–Crippen LogP) is 2.01. The molecule has 2 aromatic heterocycles. The Kier molecular flexibility index (Phi) is 1.96. The van der Waals surface area contributed by atoms with E-state index in [1.54, 1.807) is 0 Å². The van der Waals surface area contributed by atoms with Crippen molar-refractivity contribution in [3.8, 4) is 0 Å². The van der Waals surface area contributed by atoms with Crippen LogP contribution in [0.15, 0.2) is 6.07 Å². The highest BCUT2D eigenvalue weighted by Crippen LogP contribution is 2.24. The van der Waals surface area contributed by atoms with E-state index >= 15 is 0 Å². The second kappa shape index (κ2) is 3.02. The van der Waals surface area contributed by atoms with Crippen molar-refractivity contribution in [1.82, 2.24) is 9.36 Å². The Morgan fingerprint density at radius 1 is 1.50 bits per heavy atom. The molecule has 4 nitrogen and oxygen atoms in total. The SMILES string of the molecule is Cc1cc(C)c2snc(C(=O)O)c2n1. The van der Waals surface area contributed by atoms with Crippen molar-refractivity contribution < 1.29 is 9.90 Å². The van der Waals surface area contributed by atoms with E-state index < -0.39 is 5.97 Å². The highest BCUT2D eigenvalue weighted by Gasteiger charge is 2.15. The molecule has 0 bridgehead atoms. The number of aromatic nitrogens is 2. The molecule has 0 aliphatic rings. The number of fused-ring (bicyclic) bond motifs is 1. The van der Waals surface area contributed by atoms with Gasteiger partial charge in [-0.3, -0.25) is 0 Å². The van der Waals surface area contributed by atoms with Gasteiger partial charge in [-0.1, -0.05) is 0 Å². The van der Waals surface area contributed by atoms with Crippen LogP contribution in [0.1, 0.15) is 21.7 Å². The molecule has 0 saturated heterocycles. The molecule has 2 rings (SSSR count). The monoisotopic (exact) mass is 208 g/mol. The zero-order chi connectivity index (χ0) is 10.3. The summed E-state index contributed by atoms with van der Waals surface area (Å²) in [6.45, 7) is 3.77. The molecule has 72 valence electrons. The minimum absolute atomic E-state index is 0.0526. The number of rotatable bonds is 1. The van der Waals surface area contributed by atoms with E-state index in [1.807, 2.05) is 19.9 Å². The molecule has 1 N–H and O–H groups in total. The highest BCUT2D eigenvalue weighted by molar-refractivity contribution is 7.13. The Balaban J connectivity index is 2.85. The minimum atomic E-state index is -1.02. The van der Waals surface area contributed by atoms with Crippen LogP contribution in [0.25, 0.3) is 10.2 Å². The number of aromatic carboxylic acids is 1. The number of hydrogen-bond donors (Lipinski definition) is 1. The van der Waals surface area contributed by atoms with Crippen LogP contribution in [-0.4, -0.2) is 20.4 Å². The highest BCUT2D eigenvalue weighted by atomic mass is 32.1. The standard InChI is InChI=1S/C9H8N2O2S/c1-4-3-5(2)10-6-7(9(12)13)11-14-8(4)6/h3H,1-2H3,(H,12,13). The van der Waals surface area contributed by atoms with Crippen LogP contribution in [0.4, 0.5) is 0 Å². The van der Waals surface area contributed by atoms with Gasteiger partial charge in [0.15, 0.2) is 5.69 Å². The Hall–Kier alpha value is -1.49. The lowest BCUT2D eigenvalue weighted by Crippen LogP contribution is -1.98. The van der Waals surface area contributed by atoms with Crippen LogP contribution in [-0.2, 0) is 0 Å². The van der Waals surface area contributed by atoms with Gasteiger partial charge in [-0.25, -0.2) is 9.78 Å². The molecule has 0 fully saturated rings. The third kappa shape index (κ3) is 1.26. The van der Waals surface area contributed by atoms with Crippen LogP contribution in [0.5, 0.6) is 0 Å². The molecule has 0 saturated carbocycles. The van der Waals surface area contributed by atoms with E-state index in [2.05, 4.69) is 9.36 Å². The molecule has 14 heavy (non-hydrogen) atoms. The fourth-order valence-corrected chi connectivity index (χ4v) is 2.15. The first-order chi connectivity index (χ1) is 6.59. The summed E-state index contributed by atoms with van der Waals surface area (Å²) >= 11 is 1.18. The number of carboxylic acid groups (broad SMARTS) is 1. The van der Waals surface area contributed by atoms with Gasteiger partial charge in [0.05, 0.1) is 4.70 Å². The van der Waals surface area contributed by atoms with Crippen LogP contribution in [0.2, 0.25) is 0 Å². The molecular formula is C9H8N2O2S. The van der Waals surface area contributed by atoms with Gasteiger partial charge in [-0.15, -0.1) is 0 Å². The van der Waals surface area contributed by atoms with E-state index in [1.165, 1.54) is 11.5 Å². The van der Waals surface area contributed by atoms with Gasteiger partial charge in [0.1, 0.15) is 5.52 Å². The van der Waals surface area contributed by atoms with Gasteiger partial charge in [0, 0.05) is 5.69 Å². The second-order valence-corrected chi connectivity index (χ2v) is 3.87. The van der Waals surface area contributed by atoms with Gasteiger partial charge in [-0.05, 0) is 37.0 Å². The maximum absolute atomic E-state index is 10.8. The summed E-state index contributed by atoms with van der Waals surface area (Å²) < 4.78 is 4.73. The summed E-state index contributed by atoms with van der Waals surface area (Å²) in [6, 6.07) is 1.92. The molecule has 5 heteroatoms. The first kappa shape index (κ1) is 9.08. The van der Waals surface area contributed by atoms with E-state index in [0.29, 0.717) is 5.52 Å². The molecule has 0 aliphatic heterocycles. The van der Waals surface area contributed by atoms with E-state index in [0.717, 1.165) is 16.0 Å². The van der Waals surface area contributed by atoms with Gasteiger partial charge in [0.2, 0.25) is 0 Å². The fraction of sp³-hybridized carbons (Fsp3) is 0.222. The van der Waals surface area contributed by atoms with Crippen molar-refractivity contribution >= 4 is 27.7 Å². The largest absolute Gasteiger partial charge is 0.476 e. The number of aryl methyl sites for hydroxylation is 2. The molecule has 0 unspecified atom stereocenters. The smallest absolute Gasteiger partial charge is 0.357 e. The predicted molar refractivity (Wildman–Crippen MR) is 53.8 cm³/mol. The van der Waals surface area contributed by atoms with E-state index in [4.69, 9.17) is 5.11 Å². The van der Waals surface area contributed by atoms with Gasteiger partial charge < -0.3 is 5.11 Å². The van der Waals surface area contributed by atoms with Gasteiger partial charge in [0.25, 0.3) is 0 Å². The molecule has 0 amide bonds. The number of carbonyl (C=O) groups is 1. The summed E-state index contributed by atoms with van der Waals surface area (Å²) in [6.07, 6.45) is 0. The number of carboxylic acids is 1. The number of nitrogens with zero attached hydrogens (tertiary/aromatic N) is 2. The maximum Gasteiger partial charge on any atom is 0.357 e. The third-order valence-corrected chi connectivity index (χ3v) is 2.91. The Morgan fingerprint density at radius 3 is 2.86 bits per heavy atom. The average Bonchev–Trinajstić information content (AvgIpc) is 2.47. The van der Waals surface area contributed by atoms with Crippen molar-refractivity contribution in [2.45, 2.75) is 13.8 Å². The van der Waals surface area contributed by atoms with E-state index in [-0.39, 0.29) is 5.69 Å². The maximum atomic E-state index is 10.8. The van der Waals surface area contributed by atoms with Gasteiger partial charge >= 0.3 is 5.97 Å². The lowest BCUT2D eigenvalue weighted by atomic mass is 10.2. The number of hydrogen-bond acceptors (Lipinski definition) is 4. The minimum Gasteiger partial charge on any atom is -0.476 e. The molecule has 0 atom stereocenters. The summed E-state index contributed by atoms with van der Waals surface area (Å²) in [4.78, 5) is 15.0. The van der Waals surface area contributed by atoms with Crippen LogP contribution in [0, 0.1) is 13.8 Å². The van der Waals surface area contributed by atoms with Crippen molar-refractivity contribution in [2.75, 3.05) is 0 Å². The zero-order valence-electron chi connectivity index (χ0n) is 7.74. The molecule has 2 aromatic rings. The molecule has 0 aromatic carbocycles. The Labute approximate surface area is 84.4 Å². The first-order valence-corrected chi connectivity index (χ1v) is 4.84. The normalized spacial score (nSPS) is 10.7. The lowest BCUT2D eigenvalue weighted by Gasteiger charge is -1.97. The topological polar surface area (TPSA) is 63.1 Å². The Morgan fingerprint density at radius 2 is 2.21 bits per heavy atom. The zero-order valence-corrected chi connectivity index (χ0v) is 8.55. The van der Waals surface area contributed by atoms with Crippen LogP contribution in [0.3, 0.4) is 0 Å². The average molecular weight is 208 g/mol. The molecule has 2 heterocycles. The third-order valence-electron chi connectivity index (χ3n) is 1.94. The van der Waals surface area contributed by atoms with Crippen LogP contribution < -0.4 is 0 Å². The van der Waals surface area contributed by atoms with Crippen molar-refractivity contribution in [1.29, 1.82) is 0 Å². The molecule has 0 radical (unpaired) electrons. The van der Waals surface area contributed by atoms with E-state index in [9.17, 15) is 4.79 Å². The summed E-state index contributed by atoms with van der Waals surface area (Å²) in [5.41, 5.74) is 2.40. The van der Waals surface area contributed by atoms with Crippen molar-refractivity contribution in [3.05, 3.63) is 23.0 Å². The van der Waals surface area contributed by atoms with Crippen LogP contribution >= 0.6 is 11.5 Å². The summed E-state index contributed by atoms with van der Waals surface area (Å²) in [5, 5.41) is 8.86. The lowest BCUT2D eigenvalue weighted by molar-refractivity contribution is 0.0694. The molecule has 0 aliphatic carbocycles. The van der Waals surface area contributed by atoms with Crippen molar-refractivity contribution in [3.63, 3.8) is 0 Å². The Bertz CT molecular complexity index is 519. The summed E-state index contributed by atoms with van der Waals surface area (Å²) in [5.74, 6) is -1.02. The second-order valence-electron chi connectivity index (χ2n) is 3.09. The fourth-order valence-electron chi connectivity index (χ4n) is 1.38. The van der Waals surface area contributed by atoms with Crippen molar-refractivity contribution in [2.24, 2.45) is 0 Å². The molecular weight excluding hydrogens is 200 g/mol. The van der Waals surface area contributed by atoms with Gasteiger partial charge in [-0.2, -0.15) is 4.37 Å². The summed E-state index contributed by atoms with van der Waals surface area (Å²) in [7, 11) is 0. The first-order valence-electron chi connectivity index (χ1n) is 4.06. The quantitative estimate of drug-likeness (QED) is 0.778.